The van der Waals surface area contributed by atoms with Gasteiger partial charge in [0.1, 0.15) is 6.54 Å². The van der Waals surface area contributed by atoms with E-state index < -0.39 is 0 Å². The van der Waals surface area contributed by atoms with E-state index in [1.165, 1.54) is 0 Å². The molecule has 4 heteroatoms. The van der Waals surface area contributed by atoms with E-state index in [0.29, 0.717) is 13.1 Å². The maximum Gasteiger partial charge on any atom is 0.243 e. The van der Waals surface area contributed by atoms with Crippen molar-refractivity contribution in [2.24, 2.45) is 0 Å². The molecule has 0 saturated carbocycles. The summed E-state index contributed by atoms with van der Waals surface area (Å²) in [6.07, 6.45) is 5.13. The van der Waals surface area contributed by atoms with Crippen LogP contribution < -0.4 is 0 Å². The summed E-state index contributed by atoms with van der Waals surface area (Å²) < 4.78 is 1.86. The number of carbonyl (C=O) groups is 1. The van der Waals surface area contributed by atoms with Crippen molar-refractivity contribution >= 4 is 16.9 Å². The second-order valence-electron chi connectivity index (χ2n) is 4.24. The van der Waals surface area contributed by atoms with E-state index in [4.69, 9.17) is 0 Å². The molecule has 0 bridgehead atoms. The van der Waals surface area contributed by atoms with Crippen molar-refractivity contribution in [1.82, 2.24) is 14.5 Å². The van der Waals surface area contributed by atoms with Crippen LogP contribution in [0.25, 0.3) is 11.0 Å². The van der Waals surface area contributed by atoms with Crippen LogP contribution in [0.15, 0.2) is 55.9 Å². The Balaban J connectivity index is 2.17. The molecule has 2 aromatic rings. The minimum absolute atomic E-state index is 0.0305. The number of imidazole rings is 1. The van der Waals surface area contributed by atoms with Gasteiger partial charge in [0.25, 0.3) is 0 Å². The third-order valence-corrected chi connectivity index (χ3v) is 2.88. The average Bonchev–Trinajstić information content (AvgIpc) is 2.82. The molecule has 0 N–H and O–H groups in total. The Kier molecular flexibility index (Phi) is 4.13. The zero-order valence-electron chi connectivity index (χ0n) is 10.8. The maximum absolute atomic E-state index is 12.2. The van der Waals surface area contributed by atoms with Crippen LogP contribution >= 0.6 is 0 Å². The van der Waals surface area contributed by atoms with Crippen LogP contribution in [0.2, 0.25) is 0 Å². The van der Waals surface area contributed by atoms with Crippen LogP contribution in [0.1, 0.15) is 0 Å². The largest absolute Gasteiger partial charge is 0.334 e. The molecule has 0 aliphatic carbocycles. The molecule has 2 rings (SSSR count). The molecule has 98 valence electrons. The van der Waals surface area contributed by atoms with Gasteiger partial charge in [-0.05, 0) is 12.1 Å². The van der Waals surface area contributed by atoms with Crippen molar-refractivity contribution in [3.05, 3.63) is 55.9 Å². The summed E-state index contributed by atoms with van der Waals surface area (Å²) in [7, 11) is 0. The van der Waals surface area contributed by atoms with Gasteiger partial charge in [-0.15, -0.1) is 13.2 Å². The van der Waals surface area contributed by atoms with Crippen LogP contribution in [-0.2, 0) is 11.3 Å². The number of hydrogen-bond donors (Lipinski definition) is 0. The summed E-state index contributed by atoms with van der Waals surface area (Å²) in [6.45, 7) is 8.66. The lowest BCUT2D eigenvalue weighted by Gasteiger charge is -2.19. The Morgan fingerprint density at radius 3 is 2.63 bits per heavy atom. The summed E-state index contributed by atoms with van der Waals surface area (Å²) in [5, 5.41) is 0. The van der Waals surface area contributed by atoms with Crippen molar-refractivity contribution in [2.75, 3.05) is 13.1 Å². The van der Waals surface area contributed by atoms with Crippen molar-refractivity contribution in [1.29, 1.82) is 0 Å². The second kappa shape index (κ2) is 6.00. The third-order valence-electron chi connectivity index (χ3n) is 2.88. The SMILES string of the molecule is C=CCN(CC=C)C(=O)Cn1cnc2ccccc21. The predicted molar refractivity (Wildman–Crippen MR) is 76.7 cm³/mol. The smallest absolute Gasteiger partial charge is 0.243 e. The van der Waals surface area contributed by atoms with E-state index in [-0.39, 0.29) is 12.5 Å². The number of nitrogens with zero attached hydrogens (tertiary/aromatic N) is 3. The van der Waals surface area contributed by atoms with Gasteiger partial charge in [-0.25, -0.2) is 4.98 Å². The fourth-order valence-corrected chi connectivity index (χ4v) is 1.97. The van der Waals surface area contributed by atoms with Crippen LogP contribution in [0.5, 0.6) is 0 Å². The lowest BCUT2D eigenvalue weighted by molar-refractivity contribution is -0.130. The molecule has 0 fully saturated rings. The molecular formula is C15H17N3O. The van der Waals surface area contributed by atoms with E-state index in [1.54, 1.807) is 23.4 Å². The molecule has 1 aromatic carbocycles. The van der Waals surface area contributed by atoms with E-state index in [1.807, 2.05) is 28.8 Å². The number of benzene rings is 1. The molecule has 0 aliphatic rings. The first kappa shape index (κ1) is 13.1. The monoisotopic (exact) mass is 255 g/mol. The molecule has 0 radical (unpaired) electrons. The van der Waals surface area contributed by atoms with Crippen molar-refractivity contribution in [2.45, 2.75) is 6.54 Å². The lowest BCUT2D eigenvalue weighted by Crippen LogP contribution is -2.34. The Bertz CT molecular complexity index is 590. The molecule has 0 unspecified atom stereocenters. The third kappa shape index (κ3) is 2.91. The molecule has 0 aliphatic heterocycles. The number of carbonyl (C=O) groups excluding carboxylic acids is 1. The number of amides is 1. The predicted octanol–water partition coefficient (Wildman–Crippen LogP) is 2.24. The first-order chi connectivity index (χ1) is 9.26. The number of para-hydroxylation sites is 2. The molecular weight excluding hydrogens is 238 g/mol. The number of aromatic nitrogens is 2. The highest BCUT2D eigenvalue weighted by Crippen LogP contribution is 2.12. The number of fused-ring (bicyclic) bond motifs is 1. The Labute approximate surface area is 112 Å². The molecule has 1 amide bonds. The lowest BCUT2D eigenvalue weighted by atomic mass is 10.3. The first-order valence-electron chi connectivity index (χ1n) is 6.15. The molecule has 0 saturated heterocycles. The zero-order valence-corrected chi connectivity index (χ0v) is 10.8. The van der Waals surface area contributed by atoms with Gasteiger partial charge < -0.3 is 9.47 Å². The van der Waals surface area contributed by atoms with E-state index in [2.05, 4.69) is 18.1 Å². The first-order valence-corrected chi connectivity index (χ1v) is 6.15. The van der Waals surface area contributed by atoms with Gasteiger partial charge in [-0.2, -0.15) is 0 Å². The van der Waals surface area contributed by atoms with Gasteiger partial charge >= 0.3 is 0 Å². The fraction of sp³-hybridized carbons (Fsp3) is 0.200. The molecule has 1 heterocycles. The van der Waals surface area contributed by atoms with Crippen LogP contribution in [0, 0.1) is 0 Å². The van der Waals surface area contributed by atoms with Gasteiger partial charge in [-0.1, -0.05) is 24.3 Å². The Morgan fingerprint density at radius 2 is 1.95 bits per heavy atom. The Morgan fingerprint density at radius 1 is 1.26 bits per heavy atom. The minimum atomic E-state index is 0.0305. The molecule has 4 nitrogen and oxygen atoms in total. The van der Waals surface area contributed by atoms with Crippen molar-refractivity contribution < 1.29 is 4.79 Å². The minimum Gasteiger partial charge on any atom is -0.334 e. The highest BCUT2D eigenvalue weighted by molar-refractivity contribution is 5.80. The molecule has 0 atom stereocenters. The normalized spacial score (nSPS) is 10.3. The van der Waals surface area contributed by atoms with Gasteiger partial charge in [0.05, 0.1) is 17.4 Å². The number of hydrogen-bond acceptors (Lipinski definition) is 2. The van der Waals surface area contributed by atoms with Gasteiger partial charge in [0.15, 0.2) is 0 Å². The summed E-state index contributed by atoms with van der Waals surface area (Å²) >= 11 is 0. The van der Waals surface area contributed by atoms with Crippen LogP contribution in [-0.4, -0.2) is 33.4 Å². The van der Waals surface area contributed by atoms with E-state index in [0.717, 1.165) is 11.0 Å². The highest BCUT2D eigenvalue weighted by Gasteiger charge is 2.12. The van der Waals surface area contributed by atoms with E-state index in [9.17, 15) is 4.79 Å². The molecule has 19 heavy (non-hydrogen) atoms. The van der Waals surface area contributed by atoms with Gasteiger partial charge in [-0.3, -0.25) is 4.79 Å². The Hall–Kier alpha value is -2.36. The quantitative estimate of drug-likeness (QED) is 0.742. The van der Waals surface area contributed by atoms with Gasteiger partial charge in [0.2, 0.25) is 5.91 Å². The molecule has 1 aromatic heterocycles. The van der Waals surface area contributed by atoms with Crippen molar-refractivity contribution in [3.63, 3.8) is 0 Å². The zero-order chi connectivity index (χ0) is 13.7. The van der Waals surface area contributed by atoms with Crippen molar-refractivity contribution in [3.8, 4) is 0 Å². The molecule has 0 spiro atoms. The number of rotatable bonds is 6. The summed E-state index contributed by atoms with van der Waals surface area (Å²) in [4.78, 5) is 18.2. The summed E-state index contributed by atoms with van der Waals surface area (Å²) in [5.74, 6) is 0.0305. The maximum atomic E-state index is 12.2. The summed E-state index contributed by atoms with van der Waals surface area (Å²) in [6, 6.07) is 7.77. The average molecular weight is 255 g/mol. The second-order valence-corrected chi connectivity index (χ2v) is 4.24. The highest BCUT2D eigenvalue weighted by atomic mass is 16.2. The van der Waals surface area contributed by atoms with Crippen LogP contribution in [0.4, 0.5) is 0 Å². The topological polar surface area (TPSA) is 38.1 Å². The van der Waals surface area contributed by atoms with Gasteiger partial charge in [0, 0.05) is 13.1 Å². The van der Waals surface area contributed by atoms with Crippen LogP contribution in [0.3, 0.4) is 0 Å². The standard InChI is InChI=1S/C15H17N3O/c1-3-9-17(10-4-2)15(19)11-18-12-16-13-7-5-6-8-14(13)18/h3-8,12H,1-2,9-11H2. The van der Waals surface area contributed by atoms with E-state index >= 15 is 0 Å². The summed E-state index contributed by atoms with van der Waals surface area (Å²) in [5.41, 5.74) is 1.86. The fourth-order valence-electron chi connectivity index (χ4n) is 1.97.